The minimum atomic E-state index is 0.0230. The number of nitrogens with two attached hydrogens (primary N) is 1. The first-order valence-electron chi connectivity index (χ1n) is 6.18. The summed E-state index contributed by atoms with van der Waals surface area (Å²) in [6.07, 6.45) is 1.84. The van der Waals surface area contributed by atoms with E-state index in [0.29, 0.717) is 0 Å². The highest BCUT2D eigenvalue weighted by Crippen LogP contribution is 2.24. The summed E-state index contributed by atoms with van der Waals surface area (Å²) in [6.45, 7) is 2.10. The minimum Gasteiger partial charge on any atom is -0.271 e. The maximum Gasteiger partial charge on any atom is 0.153 e. The number of aromatic nitrogens is 3. The lowest BCUT2D eigenvalue weighted by Crippen LogP contribution is -2.30. The van der Waals surface area contributed by atoms with E-state index >= 15 is 0 Å². The number of nitrogens with one attached hydrogen (secondary N) is 1. The molecule has 19 heavy (non-hydrogen) atoms. The summed E-state index contributed by atoms with van der Waals surface area (Å²) in [7, 11) is 1.87. The van der Waals surface area contributed by atoms with E-state index in [4.69, 9.17) is 5.84 Å². The lowest BCUT2D eigenvalue weighted by molar-refractivity contribution is 0.478. The van der Waals surface area contributed by atoms with Crippen molar-refractivity contribution in [2.45, 2.75) is 25.8 Å². The molecule has 6 heteroatoms. The molecule has 2 rings (SSSR count). The highest BCUT2D eigenvalue weighted by atomic mass is 79.9. The zero-order valence-electron chi connectivity index (χ0n) is 11.1. The number of benzene rings is 1. The number of hydrogen-bond donors (Lipinski definition) is 2. The fourth-order valence-corrected chi connectivity index (χ4v) is 2.79. The highest BCUT2D eigenvalue weighted by molar-refractivity contribution is 9.10. The van der Waals surface area contributed by atoms with Crippen LogP contribution in [0.1, 0.15) is 29.3 Å². The van der Waals surface area contributed by atoms with Crippen molar-refractivity contribution in [1.29, 1.82) is 0 Å². The highest BCUT2D eigenvalue weighted by Gasteiger charge is 2.18. The van der Waals surface area contributed by atoms with Gasteiger partial charge in [0.15, 0.2) is 4.60 Å². The van der Waals surface area contributed by atoms with Crippen LogP contribution < -0.4 is 11.3 Å². The first kappa shape index (κ1) is 14.2. The summed E-state index contributed by atoms with van der Waals surface area (Å²) in [5.41, 5.74) is 6.40. The van der Waals surface area contributed by atoms with Crippen LogP contribution >= 0.6 is 15.9 Å². The lowest BCUT2D eigenvalue weighted by atomic mass is 10.0. The van der Waals surface area contributed by atoms with Gasteiger partial charge in [0.05, 0.1) is 11.7 Å². The fourth-order valence-electron chi connectivity index (χ4n) is 2.19. The Kier molecular flexibility index (Phi) is 4.68. The molecule has 1 heterocycles. The molecule has 3 N–H and O–H groups in total. The predicted octanol–water partition coefficient (Wildman–Crippen LogP) is 2.02. The van der Waals surface area contributed by atoms with E-state index < -0.39 is 0 Å². The summed E-state index contributed by atoms with van der Waals surface area (Å²) in [4.78, 5) is 0. The number of aryl methyl sites for hydroxylation is 3. The van der Waals surface area contributed by atoms with Crippen LogP contribution in [0.5, 0.6) is 0 Å². The topological polar surface area (TPSA) is 68.8 Å². The SMILES string of the molecule is Cc1cccc(CCC(NN)c2c(Br)nnn2C)c1. The first-order valence-corrected chi connectivity index (χ1v) is 6.98. The Hall–Kier alpha value is -1.24. The van der Waals surface area contributed by atoms with Gasteiger partial charge in [-0.1, -0.05) is 35.0 Å². The third kappa shape index (κ3) is 3.40. The zero-order valence-corrected chi connectivity index (χ0v) is 12.7. The third-order valence-electron chi connectivity index (χ3n) is 3.16. The van der Waals surface area contributed by atoms with Gasteiger partial charge < -0.3 is 0 Å². The van der Waals surface area contributed by atoms with Crippen molar-refractivity contribution in [1.82, 2.24) is 20.4 Å². The Morgan fingerprint density at radius 2 is 2.26 bits per heavy atom. The Labute approximate surface area is 121 Å². The molecule has 102 valence electrons. The van der Waals surface area contributed by atoms with Gasteiger partial charge >= 0.3 is 0 Å². The third-order valence-corrected chi connectivity index (χ3v) is 3.73. The Morgan fingerprint density at radius 1 is 1.47 bits per heavy atom. The number of hydrogen-bond acceptors (Lipinski definition) is 4. The van der Waals surface area contributed by atoms with Crippen LogP contribution in [-0.4, -0.2) is 15.0 Å². The van der Waals surface area contributed by atoms with Crippen LogP contribution in [0.2, 0.25) is 0 Å². The molecule has 0 aliphatic carbocycles. The molecule has 0 radical (unpaired) electrons. The normalized spacial score (nSPS) is 12.6. The first-order chi connectivity index (χ1) is 9.11. The molecular weight excluding hydrogens is 306 g/mol. The summed E-state index contributed by atoms with van der Waals surface area (Å²) in [5, 5.41) is 7.97. The van der Waals surface area contributed by atoms with Crippen molar-refractivity contribution in [3.8, 4) is 0 Å². The molecule has 5 nitrogen and oxygen atoms in total. The number of nitrogens with zero attached hydrogens (tertiary/aromatic N) is 3. The molecule has 1 aromatic heterocycles. The standard InChI is InChI=1S/C13H18BrN5/c1-9-4-3-5-10(8-9)6-7-11(16-15)12-13(14)17-18-19(12)2/h3-5,8,11,16H,6-7,15H2,1-2H3. The minimum absolute atomic E-state index is 0.0230. The number of hydrazine groups is 1. The van der Waals surface area contributed by atoms with Crippen LogP contribution in [0.15, 0.2) is 28.9 Å². The second-order valence-electron chi connectivity index (χ2n) is 4.64. The van der Waals surface area contributed by atoms with E-state index in [1.54, 1.807) is 4.68 Å². The van der Waals surface area contributed by atoms with E-state index in [2.05, 4.69) is 62.9 Å². The van der Waals surface area contributed by atoms with Crippen molar-refractivity contribution in [3.05, 3.63) is 45.7 Å². The molecular formula is C13H18BrN5. The average molecular weight is 324 g/mol. The van der Waals surface area contributed by atoms with Crippen LogP contribution in [0.3, 0.4) is 0 Å². The van der Waals surface area contributed by atoms with E-state index in [9.17, 15) is 0 Å². The van der Waals surface area contributed by atoms with Crippen LogP contribution in [-0.2, 0) is 13.5 Å². The Morgan fingerprint density at radius 3 is 2.84 bits per heavy atom. The van der Waals surface area contributed by atoms with Gasteiger partial charge in [0.25, 0.3) is 0 Å². The van der Waals surface area contributed by atoms with Crippen molar-refractivity contribution < 1.29 is 0 Å². The number of rotatable bonds is 5. The molecule has 1 aromatic carbocycles. The molecule has 0 bridgehead atoms. The molecule has 1 unspecified atom stereocenters. The van der Waals surface area contributed by atoms with Gasteiger partial charge in [-0.2, -0.15) is 0 Å². The number of halogens is 1. The van der Waals surface area contributed by atoms with Gasteiger partial charge in [-0.15, -0.1) is 5.10 Å². The molecule has 0 aliphatic rings. The Bertz CT molecular complexity index is 532. The van der Waals surface area contributed by atoms with Crippen molar-refractivity contribution in [3.63, 3.8) is 0 Å². The van der Waals surface area contributed by atoms with Crippen molar-refractivity contribution in [2.24, 2.45) is 12.9 Å². The molecule has 0 spiro atoms. The second kappa shape index (κ2) is 6.27. The van der Waals surface area contributed by atoms with Crippen LogP contribution in [0.4, 0.5) is 0 Å². The summed E-state index contributed by atoms with van der Waals surface area (Å²) in [6, 6.07) is 8.54. The maximum atomic E-state index is 5.66. The van der Waals surface area contributed by atoms with Crippen molar-refractivity contribution >= 4 is 15.9 Å². The van der Waals surface area contributed by atoms with Gasteiger partial charge in [0, 0.05) is 7.05 Å². The van der Waals surface area contributed by atoms with Gasteiger partial charge in [-0.05, 0) is 41.3 Å². The van der Waals surface area contributed by atoms with Gasteiger partial charge in [0.1, 0.15) is 0 Å². The summed E-state index contributed by atoms with van der Waals surface area (Å²) >= 11 is 3.41. The average Bonchev–Trinajstić information content (AvgIpc) is 2.71. The molecule has 0 saturated heterocycles. The van der Waals surface area contributed by atoms with E-state index in [-0.39, 0.29) is 6.04 Å². The lowest BCUT2D eigenvalue weighted by Gasteiger charge is -2.16. The van der Waals surface area contributed by atoms with Crippen LogP contribution in [0, 0.1) is 6.92 Å². The van der Waals surface area contributed by atoms with Crippen molar-refractivity contribution in [2.75, 3.05) is 0 Å². The molecule has 0 aliphatic heterocycles. The largest absolute Gasteiger partial charge is 0.271 e. The van der Waals surface area contributed by atoms with Gasteiger partial charge in [-0.25, -0.2) is 4.68 Å². The Balaban J connectivity index is 2.08. The van der Waals surface area contributed by atoms with Crippen LogP contribution in [0.25, 0.3) is 0 Å². The molecule has 0 fully saturated rings. The second-order valence-corrected chi connectivity index (χ2v) is 5.39. The van der Waals surface area contributed by atoms with E-state index in [1.807, 2.05) is 7.05 Å². The summed E-state index contributed by atoms with van der Waals surface area (Å²) in [5.74, 6) is 5.66. The quantitative estimate of drug-likeness (QED) is 0.652. The summed E-state index contributed by atoms with van der Waals surface area (Å²) < 4.78 is 2.48. The molecule has 0 saturated carbocycles. The monoisotopic (exact) mass is 323 g/mol. The van der Waals surface area contributed by atoms with E-state index in [0.717, 1.165) is 23.1 Å². The van der Waals surface area contributed by atoms with Gasteiger partial charge in [0.2, 0.25) is 0 Å². The zero-order chi connectivity index (χ0) is 13.8. The smallest absolute Gasteiger partial charge is 0.153 e. The van der Waals surface area contributed by atoms with Gasteiger partial charge in [-0.3, -0.25) is 11.3 Å². The fraction of sp³-hybridized carbons (Fsp3) is 0.385. The van der Waals surface area contributed by atoms with E-state index in [1.165, 1.54) is 11.1 Å². The molecule has 2 aromatic rings. The predicted molar refractivity (Wildman–Crippen MR) is 78.3 cm³/mol. The molecule has 1 atom stereocenters. The molecule has 0 amide bonds. The maximum absolute atomic E-state index is 5.66.